The van der Waals surface area contributed by atoms with Gasteiger partial charge in [0.2, 0.25) is 0 Å². The lowest BCUT2D eigenvalue weighted by atomic mass is 10.1. The largest absolute Gasteiger partial charge is 0.383 e. The van der Waals surface area contributed by atoms with Gasteiger partial charge in [-0.2, -0.15) is 5.10 Å². The highest BCUT2D eigenvalue weighted by molar-refractivity contribution is 5.38. The van der Waals surface area contributed by atoms with Crippen LogP contribution in [-0.4, -0.2) is 14.8 Å². The molecule has 78 valence electrons. The zero-order valence-electron chi connectivity index (χ0n) is 8.72. The molecule has 4 nitrogen and oxygen atoms in total. The maximum absolute atomic E-state index is 5.75. The van der Waals surface area contributed by atoms with Gasteiger partial charge in [0, 0.05) is 19.4 Å². The summed E-state index contributed by atoms with van der Waals surface area (Å²) in [4.78, 5) is 4.05. The van der Waals surface area contributed by atoms with Crippen LogP contribution >= 0.6 is 0 Å². The molecule has 0 unspecified atom stereocenters. The van der Waals surface area contributed by atoms with E-state index in [-0.39, 0.29) is 0 Å². The molecule has 2 N–H and O–H groups in total. The van der Waals surface area contributed by atoms with E-state index in [4.69, 9.17) is 5.73 Å². The van der Waals surface area contributed by atoms with E-state index >= 15 is 0 Å². The Balaban J connectivity index is 2.02. The van der Waals surface area contributed by atoms with E-state index in [9.17, 15) is 0 Å². The van der Waals surface area contributed by atoms with Gasteiger partial charge in [0.15, 0.2) is 0 Å². The van der Waals surface area contributed by atoms with E-state index in [1.54, 1.807) is 6.20 Å². The summed E-state index contributed by atoms with van der Waals surface area (Å²) in [6.45, 7) is 0. The van der Waals surface area contributed by atoms with Gasteiger partial charge in [-0.3, -0.25) is 4.68 Å². The number of rotatable bonds is 3. The Morgan fingerprint density at radius 3 is 2.87 bits per heavy atom. The molecule has 0 radical (unpaired) electrons. The Morgan fingerprint density at radius 2 is 2.20 bits per heavy atom. The number of aromatic nitrogens is 3. The summed E-state index contributed by atoms with van der Waals surface area (Å²) in [7, 11) is 1.92. The summed E-state index contributed by atoms with van der Waals surface area (Å²) in [5.74, 6) is 0.619. The summed E-state index contributed by atoms with van der Waals surface area (Å²) in [5.41, 5.74) is 7.92. The minimum Gasteiger partial charge on any atom is -0.383 e. The van der Waals surface area contributed by atoms with Crippen LogP contribution in [0.25, 0.3) is 0 Å². The van der Waals surface area contributed by atoms with Gasteiger partial charge in [-0.1, -0.05) is 6.07 Å². The van der Waals surface area contributed by atoms with Gasteiger partial charge in [0.05, 0.1) is 5.69 Å². The number of nitrogens with zero attached hydrogens (tertiary/aromatic N) is 3. The number of nitrogens with two attached hydrogens (primary N) is 1. The Labute approximate surface area is 88.8 Å². The molecule has 0 atom stereocenters. The number of anilines is 1. The zero-order chi connectivity index (χ0) is 10.7. The number of nitrogen functional groups attached to an aromatic ring is 1. The van der Waals surface area contributed by atoms with Crippen LogP contribution in [0.2, 0.25) is 0 Å². The van der Waals surface area contributed by atoms with E-state index in [0.717, 1.165) is 24.1 Å². The molecule has 0 amide bonds. The Hall–Kier alpha value is -1.84. The van der Waals surface area contributed by atoms with Gasteiger partial charge < -0.3 is 5.73 Å². The summed E-state index contributed by atoms with van der Waals surface area (Å²) in [5, 5.41) is 4.31. The van der Waals surface area contributed by atoms with E-state index in [1.165, 1.54) is 0 Å². The van der Waals surface area contributed by atoms with Gasteiger partial charge in [0.25, 0.3) is 0 Å². The maximum Gasteiger partial charge on any atom is 0.126 e. The predicted molar refractivity (Wildman–Crippen MR) is 59.3 cm³/mol. The summed E-state index contributed by atoms with van der Waals surface area (Å²) >= 11 is 0. The van der Waals surface area contributed by atoms with Gasteiger partial charge in [-0.05, 0) is 30.5 Å². The second kappa shape index (κ2) is 4.13. The summed E-state index contributed by atoms with van der Waals surface area (Å²) in [6.07, 6.45) is 5.44. The molecule has 0 bridgehead atoms. The van der Waals surface area contributed by atoms with Gasteiger partial charge >= 0.3 is 0 Å². The molecule has 2 rings (SSSR count). The number of aryl methyl sites for hydroxylation is 3. The predicted octanol–water partition coefficient (Wildman–Crippen LogP) is 1.18. The normalized spacial score (nSPS) is 10.5. The highest BCUT2D eigenvalue weighted by atomic mass is 15.2. The van der Waals surface area contributed by atoms with E-state index in [0.29, 0.717) is 5.82 Å². The lowest BCUT2D eigenvalue weighted by Crippen LogP contribution is -2.00. The monoisotopic (exact) mass is 202 g/mol. The lowest BCUT2D eigenvalue weighted by molar-refractivity contribution is 0.737. The van der Waals surface area contributed by atoms with E-state index < -0.39 is 0 Å². The van der Waals surface area contributed by atoms with Crippen LogP contribution in [0.1, 0.15) is 11.3 Å². The van der Waals surface area contributed by atoms with E-state index in [2.05, 4.69) is 10.1 Å². The number of hydrogen-bond donors (Lipinski definition) is 1. The Kier molecular flexibility index (Phi) is 2.67. The molecule has 2 heterocycles. The molecule has 4 heteroatoms. The molecule has 0 saturated heterocycles. The topological polar surface area (TPSA) is 56.7 Å². The summed E-state index contributed by atoms with van der Waals surface area (Å²) in [6, 6.07) is 5.93. The molecule has 0 aromatic carbocycles. The highest BCUT2D eigenvalue weighted by Gasteiger charge is 2.01. The highest BCUT2D eigenvalue weighted by Crippen LogP contribution is 2.10. The third-order valence-corrected chi connectivity index (χ3v) is 2.35. The van der Waals surface area contributed by atoms with Crippen molar-refractivity contribution in [1.29, 1.82) is 0 Å². The van der Waals surface area contributed by atoms with Crippen molar-refractivity contribution < 1.29 is 0 Å². The minimum absolute atomic E-state index is 0.619. The molecule has 0 spiro atoms. The van der Waals surface area contributed by atoms with Crippen molar-refractivity contribution in [3.05, 3.63) is 41.9 Å². The van der Waals surface area contributed by atoms with Crippen molar-refractivity contribution in [3.8, 4) is 0 Å². The minimum atomic E-state index is 0.619. The fourth-order valence-electron chi connectivity index (χ4n) is 1.52. The molecule has 0 aliphatic carbocycles. The average molecular weight is 202 g/mol. The van der Waals surface area contributed by atoms with Crippen molar-refractivity contribution in [2.24, 2.45) is 7.05 Å². The molecule has 0 aliphatic heterocycles. The van der Waals surface area contributed by atoms with Crippen molar-refractivity contribution in [3.63, 3.8) is 0 Å². The van der Waals surface area contributed by atoms with Crippen LogP contribution in [0.5, 0.6) is 0 Å². The quantitative estimate of drug-likeness (QED) is 0.813. The van der Waals surface area contributed by atoms with Gasteiger partial charge in [-0.15, -0.1) is 0 Å². The lowest BCUT2D eigenvalue weighted by Gasteiger charge is -2.02. The number of hydrogen-bond acceptors (Lipinski definition) is 3. The molecular weight excluding hydrogens is 188 g/mol. The molecule has 2 aromatic rings. The van der Waals surface area contributed by atoms with Crippen LogP contribution in [-0.2, 0) is 19.9 Å². The van der Waals surface area contributed by atoms with Gasteiger partial charge in [-0.25, -0.2) is 4.98 Å². The van der Waals surface area contributed by atoms with Crippen molar-refractivity contribution in [2.45, 2.75) is 12.8 Å². The smallest absolute Gasteiger partial charge is 0.126 e. The maximum atomic E-state index is 5.75. The fourth-order valence-corrected chi connectivity index (χ4v) is 1.52. The average Bonchev–Trinajstić information content (AvgIpc) is 2.63. The van der Waals surface area contributed by atoms with Gasteiger partial charge in [0.1, 0.15) is 5.82 Å². The standard InChI is InChI=1S/C11H14N4/c1-15-8-6-10(14-15)5-4-9-3-2-7-13-11(9)12/h2-3,6-8H,4-5H2,1H3,(H2,12,13). The van der Waals surface area contributed by atoms with Crippen LogP contribution in [0.4, 0.5) is 5.82 Å². The van der Waals surface area contributed by atoms with Crippen LogP contribution in [0, 0.1) is 0 Å². The zero-order valence-corrected chi connectivity index (χ0v) is 8.72. The molecular formula is C11H14N4. The second-order valence-electron chi connectivity index (χ2n) is 3.53. The molecule has 0 fully saturated rings. The van der Waals surface area contributed by atoms with Crippen molar-refractivity contribution in [1.82, 2.24) is 14.8 Å². The first-order valence-corrected chi connectivity index (χ1v) is 4.93. The molecule has 0 saturated carbocycles. The van der Waals surface area contributed by atoms with Crippen LogP contribution < -0.4 is 5.73 Å². The second-order valence-corrected chi connectivity index (χ2v) is 3.53. The first-order chi connectivity index (χ1) is 7.25. The third kappa shape index (κ3) is 2.34. The Morgan fingerprint density at radius 1 is 1.33 bits per heavy atom. The first kappa shape index (κ1) is 9.71. The Bertz CT molecular complexity index is 447. The third-order valence-electron chi connectivity index (χ3n) is 2.35. The van der Waals surface area contributed by atoms with Crippen LogP contribution in [0.15, 0.2) is 30.6 Å². The van der Waals surface area contributed by atoms with Crippen molar-refractivity contribution in [2.75, 3.05) is 5.73 Å². The fraction of sp³-hybridized carbons (Fsp3) is 0.273. The SMILES string of the molecule is Cn1ccc(CCc2cccnc2N)n1. The first-order valence-electron chi connectivity index (χ1n) is 4.93. The summed E-state index contributed by atoms with van der Waals surface area (Å²) < 4.78 is 1.81. The molecule has 0 aliphatic rings. The molecule has 2 aromatic heterocycles. The van der Waals surface area contributed by atoms with Crippen molar-refractivity contribution >= 4 is 5.82 Å². The number of pyridine rings is 1. The van der Waals surface area contributed by atoms with E-state index in [1.807, 2.05) is 36.1 Å². The molecule has 15 heavy (non-hydrogen) atoms. The van der Waals surface area contributed by atoms with Crippen LogP contribution in [0.3, 0.4) is 0 Å².